The third-order valence-corrected chi connectivity index (χ3v) is 1.84. The number of nitrogens with zero attached hydrogens (tertiary/aromatic N) is 2. The molecule has 0 radical (unpaired) electrons. The Hall–Kier alpha value is -1.20. The maximum atomic E-state index is 13.3. The van der Waals surface area contributed by atoms with Crippen LogP contribution in [0.1, 0.15) is 37.0 Å². The third kappa shape index (κ3) is 2.43. The van der Waals surface area contributed by atoms with Crippen molar-refractivity contribution >= 4 is 0 Å². The Kier molecular flexibility index (Phi) is 2.97. The highest BCUT2D eigenvalue weighted by Crippen LogP contribution is 2.28. The van der Waals surface area contributed by atoms with Gasteiger partial charge in [0, 0.05) is 0 Å². The summed E-state index contributed by atoms with van der Waals surface area (Å²) >= 11 is 0. The molecule has 0 N–H and O–H groups in total. The first-order valence-electron chi connectivity index (χ1n) is 4.34. The van der Waals surface area contributed by atoms with Crippen LogP contribution in [0.4, 0.5) is 17.6 Å². The average molecular weight is 222 g/mol. The zero-order chi connectivity index (χ0) is 11.8. The van der Waals surface area contributed by atoms with Gasteiger partial charge < -0.3 is 0 Å². The lowest BCUT2D eigenvalue weighted by molar-refractivity contribution is -0.145. The van der Waals surface area contributed by atoms with E-state index in [0.717, 1.165) is 0 Å². The molecule has 0 spiro atoms. The first kappa shape index (κ1) is 11.9. The molecule has 0 bridgehead atoms. The molecule has 0 aliphatic rings. The second-order valence-corrected chi connectivity index (χ2v) is 3.48. The van der Waals surface area contributed by atoms with Gasteiger partial charge in [-0.15, -0.1) is 0 Å². The molecule has 0 saturated heterocycles. The van der Waals surface area contributed by atoms with Gasteiger partial charge in [-0.25, -0.2) is 14.4 Å². The summed E-state index contributed by atoms with van der Waals surface area (Å²) in [7, 11) is 0. The zero-order valence-corrected chi connectivity index (χ0v) is 8.48. The summed E-state index contributed by atoms with van der Waals surface area (Å²) in [5, 5.41) is 0. The van der Waals surface area contributed by atoms with Crippen molar-refractivity contribution < 1.29 is 17.6 Å². The smallest absolute Gasteiger partial charge is 0.227 e. The standard InChI is InChI=1S/C9H10F4N2/c1-4(2)7-6(10)5(3)14-8(15-7)9(11,12)13/h4H,1-3H3. The van der Waals surface area contributed by atoms with E-state index in [-0.39, 0.29) is 11.4 Å². The Balaban J connectivity index is 3.36. The van der Waals surface area contributed by atoms with Gasteiger partial charge in [0.1, 0.15) is 0 Å². The zero-order valence-electron chi connectivity index (χ0n) is 8.48. The van der Waals surface area contributed by atoms with Crippen LogP contribution in [0.25, 0.3) is 0 Å². The van der Waals surface area contributed by atoms with Crippen LogP contribution in [0.15, 0.2) is 0 Å². The van der Waals surface area contributed by atoms with E-state index >= 15 is 0 Å². The van der Waals surface area contributed by atoms with E-state index in [9.17, 15) is 17.6 Å². The van der Waals surface area contributed by atoms with Crippen LogP contribution >= 0.6 is 0 Å². The van der Waals surface area contributed by atoms with Crippen molar-refractivity contribution in [3.8, 4) is 0 Å². The molecule has 0 fully saturated rings. The lowest BCUT2D eigenvalue weighted by Gasteiger charge is -2.11. The first-order chi connectivity index (χ1) is 6.73. The number of halogens is 4. The molecule has 6 heteroatoms. The summed E-state index contributed by atoms with van der Waals surface area (Å²) in [6.45, 7) is 4.34. The van der Waals surface area contributed by atoms with E-state index in [4.69, 9.17) is 0 Å². The fourth-order valence-corrected chi connectivity index (χ4v) is 1.09. The van der Waals surface area contributed by atoms with Gasteiger partial charge in [-0.1, -0.05) is 13.8 Å². The Morgan fingerprint density at radius 3 is 2.07 bits per heavy atom. The summed E-state index contributed by atoms with van der Waals surface area (Å²) in [5.41, 5.74) is -0.476. The van der Waals surface area contributed by atoms with Gasteiger partial charge in [0.15, 0.2) is 5.82 Å². The largest absolute Gasteiger partial charge is 0.451 e. The maximum Gasteiger partial charge on any atom is 0.451 e. The molecule has 84 valence electrons. The minimum Gasteiger partial charge on any atom is -0.227 e. The fourth-order valence-electron chi connectivity index (χ4n) is 1.09. The summed E-state index contributed by atoms with van der Waals surface area (Å²) in [6.07, 6.45) is -4.64. The van der Waals surface area contributed by atoms with E-state index < -0.39 is 23.7 Å². The lowest BCUT2D eigenvalue weighted by atomic mass is 10.1. The van der Waals surface area contributed by atoms with Gasteiger partial charge in [0.2, 0.25) is 5.82 Å². The second-order valence-electron chi connectivity index (χ2n) is 3.48. The summed E-state index contributed by atoms with van der Waals surface area (Å²) < 4.78 is 50.2. The SMILES string of the molecule is Cc1nc(C(F)(F)F)nc(C(C)C)c1F. The second kappa shape index (κ2) is 3.75. The quantitative estimate of drug-likeness (QED) is 0.682. The van der Waals surface area contributed by atoms with Crippen molar-refractivity contribution in [1.29, 1.82) is 0 Å². The normalized spacial score (nSPS) is 12.3. The molecular weight excluding hydrogens is 212 g/mol. The minimum atomic E-state index is -4.64. The molecule has 1 aromatic heterocycles. The van der Waals surface area contributed by atoms with Gasteiger partial charge in [-0.2, -0.15) is 13.2 Å². The van der Waals surface area contributed by atoms with E-state index in [2.05, 4.69) is 9.97 Å². The minimum absolute atomic E-state index is 0.199. The highest BCUT2D eigenvalue weighted by Gasteiger charge is 2.36. The predicted molar refractivity (Wildman–Crippen MR) is 45.8 cm³/mol. The van der Waals surface area contributed by atoms with Crippen molar-refractivity contribution in [2.45, 2.75) is 32.9 Å². The molecule has 2 nitrogen and oxygen atoms in total. The lowest BCUT2D eigenvalue weighted by Crippen LogP contribution is -2.16. The van der Waals surface area contributed by atoms with Gasteiger partial charge in [0.05, 0.1) is 11.4 Å². The summed E-state index contributed by atoms with van der Waals surface area (Å²) in [4.78, 5) is 6.27. The number of hydrogen-bond acceptors (Lipinski definition) is 2. The Bertz CT molecular complexity index is 371. The van der Waals surface area contributed by atoms with E-state index in [1.807, 2.05) is 0 Å². The van der Waals surface area contributed by atoms with Crippen molar-refractivity contribution in [2.24, 2.45) is 0 Å². The third-order valence-electron chi connectivity index (χ3n) is 1.84. The first-order valence-corrected chi connectivity index (χ1v) is 4.34. The van der Waals surface area contributed by atoms with Crippen LogP contribution in [-0.4, -0.2) is 9.97 Å². The Labute approximate surface area is 84.4 Å². The Morgan fingerprint density at radius 1 is 1.13 bits per heavy atom. The van der Waals surface area contributed by atoms with Crippen LogP contribution in [0, 0.1) is 12.7 Å². The molecule has 1 heterocycles. The summed E-state index contributed by atoms with van der Waals surface area (Å²) in [5.74, 6) is -2.46. The molecule has 0 amide bonds. The van der Waals surface area contributed by atoms with E-state index in [0.29, 0.717) is 0 Å². The molecule has 0 unspecified atom stereocenters. The van der Waals surface area contributed by atoms with E-state index in [1.165, 1.54) is 6.92 Å². The predicted octanol–water partition coefficient (Wildman–Crippen LogP) is 3.07. The number of aromatic nitrogens is 2. The topological polar surface area (TPSA) is 25.8 Å². The maximum absolute atomic E-state index is 13.3. The number of aryl methyl sites for hydroxylation is 1. The summed E-state index contributed by atoms with van der Waals surface area (Å²) in [6, 6.07) is 0. The molecular formula is C9H10F4N2. The van der Waals surface area contributed by atoms with Crippen molar-refractivity contribution in [3.63, 3.8) is 0 Å². The Morgan fingerprint density at radius 2 is 1.67 bits per heavy atom. The molecule has 15 heavy (non-hydrogen) atoms. The number of hydrogen-bond donors (Lipinski definition) is 0. The molecule has 0 aliphatic heterocycles. The van der Waals surface area contributed by atoms with Gasteiger partial charge in [-0.05, 0) is 12.8 Å². The molecule has 1 rings (SSSR count). The van der Waals surface area contributed by atoms with Crippen LogP contribution in [0.2, 0.25) is 0 Å². The molecule has 0 aromatic carbocycles. The van der Waals surface area contributed by atoms with Gasteiger partial charge >= 0.3 is 6.18 Å². The monoisotopic (exact) mass is 222 g/mol. The number of rotatable bonds is 1. The van der Waals surface area contributed by atoms with Crippen molar-refractivity contribution in [2.75, 3.05) is 0 Å². The van der Waals surface area contributed by atoms with Crippen LogP contribution in [-0.2, 0) is 6.18 Å². The fraction of sp³-hybridized carbons (Fsp3) is 0.556. The molecule has 0 saturated carbocycles. The van der Waals surface area contributed by atoms with Crippen LogP contribution in [0.3, 0.4) is 0 Å². The van der Waals surface area contributed by atoms with E-state index in [1.54, 1.807) is 13.8 Å². The van der Waals surface area contributed by atoms with Gasteiger partial charge in [-0.3, -0.25) is 0 Å². The van der Waals surface area contributed by atoms with Gasteiger partial charge in [0.25, 0.3) is 0 Å². The average Bonchev–Trinajstić information content (AvgIpc) is 2.06. The molecule has 0 atom stereocenters. The molecule has 0 aliphatic carbocycles. The highest BCUT2D eigenvalue weighted by atomic mass is 19.4. The molecule has 1 aromatic rings. The highest BCUT2D eigenvalue weighted by molar-refractivity contribution is 5.17. The van der Waals surface area contributed by atoms with Crippen LogP contribution < -0.4 is 0 Å². The van der Waals surface area contributed by atoms with Crippen molar-refractivity contribution in [3.05, 3.63) is 23.0 Å². The van der Waals surface area contributed by atoms with Crippen molar-refractivity contribution in [1.82, 2.24) is 9.97 Å². The van der Waals surface area contributed by atoms with Crippen LogP contribution in [0.5, 0.6) is 0 Å². The number of alkyl halides is 3.